The summed E-state index contributed by atoms with van der Waals surface area (Å²) in [6.07, 6.45) is 39.3. The largest absolute Gasteiger partial charge is 0.481 e. The highest BCUT2D eigenvalue weighted by molar-refractivity contribution is 5.66. The van der Waals surface area contributed by atoms with Gasteiger partial charge in [0.05, 0.1) is 0 Å². The predicted molar refractivity (Wildman–Crippen MR) is 161 cm³/mol. The SMILES string of the molecule is O=C(O)CCCCCCCCCCCCCC1(CCCCCCCCCCCCCC(=O)O)CCCCC1. The van der Waals surface area contributed by atoms with Crippen molar-refractivity contribution in [3.05, 3.63) is 0 Å². The van der Waals surface area contributed by atoms with Crippen molar-refractivity contribution >= 4 is 11.9 Å². The van der Waals surface area contributed by atoms with Gasteiger partial charge in [-0.1, -0.05) is 148 Å². The first-order valence-corrected chi connectivity index (χ1v) is 17.0. The topological polar surface area (TPSA) is 74.6 Å². The van der Waals surface area contributed by atoms with Gasteiger partial charge in [-0.25, -0.2) is 0 Å². The molecule has 4 nitrogen and oxygen atoms in total. The molecule has 4 heteroatoms. The van der Waals surface area contributed by atoms with Gasteiger partial charge in [0.25, 0.3) is 0 Å². The van der Waals surface area contributed by atoms with Crippen LogP contribution in [-0.4, -0.2) is 22.2 Å². The van der Waals surface area contributed by atoms with E-state index in [1.54, 1.807) is 0 Å². The van der Waals surface area contributed by atoms with Crippen LogP contribution in [0.2, 0.25) is 0 Å². The van der Waals surface area contributed by atoms with Gasteiger partial charge in [-0.05, 0) is 43.9 Å². The first kappa shape index (κ1) is 35.0. The Kier molecular flexibility index (Phi) is 23.0. The number of carboxylic acid groups (broad SMARTS) is 2. The summed E-state index contributed by atoms with van der Waals surface area (Å²) < 4.78 is 0. The van der Waals surface area contributed by atoms with Gasteiger partial charge in [-0.15, -0.1) is 0 Å². The maximum atomic E-state index is 10.5. The van der Waals surface area contributed by atoms with Crippen LogP contribution in [-0.2, 0) is 9.59 Å². The van der Waals surface area contributed by atoms with E-state index in [9.17, 15) is 9.59 Å². The molecule has 0 aromatic carbocycles. The minimum Gasteiger partial charge on any atom is -0.481 e. The van der Waals surface area contributed by atoms with E-state index in [4.69, 9.17) is 10.2 Å². The fourth-order valence-corrected chi connectivity index (χ4v) is 6.66. The average Bonchev–Trinajstić information content (AvgIpc) is 2.89. The Hall–Kier alpha value is -1.06. The van der Waals surface area contributed by atoms with Gasteiger partial charge in [-0.3, -0.25) is 9.59 Å². The number of rotatable bonds is 28. The first-order valence-electron chi connectivity index (χ1n) is 17.0. The van der Waals surface area contributed by atoms with E-state index < -0.39 is 11.9 Å². The molecule has 0 amide bonds. The smallest absolute Gasteiger partial charge is 0.303 e. The van der Waals surface area contributed by atoms with E-state index in [-0.39, 0.29) is 0 Å². The second-order valence-electron chi connectivity index (χ2n) is 12.6. The van der Waals surface area contributed by atoms with E-state index in [2.05, 4.69) is 0 Å². The van der Waals surface area contributed by atoms with Gasteiger partial charge < -0.3 is 10.2 Å². The summed E-state index contributed by atoms with van der Waals surface area (Å²) in [4.78, 5) is 21.1. The number of aliphatic carboxylic acids is 2. The van der Waals surface area contributed by atoms with E-state index in [1.807, 2.05) is 0 Å². The predicted octanol–water partition coefficient (Wildman–Crippen LogP) is 11.2. The van der Waals surface area contributed by atoms with Crippen molar-refractivity contribution in [3.8, 4) is 0 Å². The zero-order chi connectivity index (χ0) is 27.6. The highest BCUT2D eigenvalue weighted by Crippen LogP contribution is 2.44. The molecule has 0 atom stereocenters. The van der Waals surface area contributed by atoms with Crippen LogP contribution < -0.4 is 0 Å². The van der Waals surface area contributed by atoms with E-state index in [0.29, 0.717) is 18.3 Å². The standard InChI is InChI=1S/C34H64O4/c35-32(36)26-20-15-11-7-3-1-5-9-13-17-22-28-34(30-24-19-25-31-34)29-23-18-14-10-6-2-4-8-12-16-21-27-33(37)38/h1-31H2,(H,35,36)(H,37,38). The third-order valence-electron chi connectivity index (χ3n) is 9.11. The van der Waals surface area contributed by atoms with Crippen LogP contribution in [0.1, 0.15) is 199 Å². The molecule has 0 radical (unpaired) electrons. The van der Waals surface area contributed by atoms with Crippen LogP contribution in [0.5, 0.6) is 0 Å². The summed E-state index contributed by atoms with van der Waals surface area (Å²) in [6.45, 7) is 0. The molecule has 0 unspecified atom stereocenters. The Morgan fingerprint density at radius 2 is 0.658 bits per heavy atom. The number of hydrogen-bond donors (Lipinski definition) is 2. The Morgan fingerprint density at radius 1 is 0.395 bits per heavy atom. The van der Waals surface area contributed by atoms with E-state index in [0.717, 1.165) is 25.7 Å². The summed E-state index contributed by atoms with van der Waals surface area (Å²) in [5.74, 6) is -1.31. The second kappa shape index (κ2) is 24.9. The van der Waals surface area contributed by atoms with E-state index >= 15 is 0 Å². The van der Waals surface area contributed by atoms with Crippen molar-refractivity contribution in [2.75, 3.05) is 0 Å². The number of carbonyl (C=O) groups is 2. The monoisotopic (exact) mass is 536 g/mol. The molecule has 0 aliphatic heterocycles. The van der Waals surface area contributed by atoms with Crippen LogP contribution >= 0.6 is 0 Å². The summed E-state index contributed by atoms with van der Waals surface area (Å²) in [7, 11) is 0. The Bertz CT molecular complexity index is 511. The number of hydrogen-bond acceptors (Lipinski definition) is 2. The molecule has 38 heavy (non-hydrogen) atoms. The quantitative estimate of drug-likeness (QED) is 0.0975. The van der Waals surface area contributed by atoms with Crippen molar-refractivity contribution in [2.24, 2.45) is 5.41 Å². The van der Waals surface area contributed by atoms with Crippen molar-refractivity contribution < 1.29 is 19.8 Å². The highest BCUT2D eigenvalue weighted by atomic mass is 16.4. The van der Waals surface area contributed by atoms with Crippen molar-refractivity contribution in [1.29, 1.82) is 0 Å². The van der Waals surface area contributed by atoms with Gasteiger partial charge in [0, 0.05) is 12.8 Å². The molecule has 0 bridgehead atoms. The lowest BCUT2D eigenvalue weighted by atomic mass is 9.68. The molecule has 0 spiro atoms. The maximum absolute atomic E-state index is 10.5. The lowest BCUT2D eigenvalue weighted by Crippen LogP contribution is -2.24. The Balaban J connectivity index is 1.95. The molecule has 0 heterocycles. The fourth-order valence-electron chi connectivity index (χ4n) is 6.66. The van der Waals surface area contributed by atoms with Crippen LogP contribution in [0, 0.1) is 5.41 Å². The lowest BCUT2D eigenvalue weighted by Gasteiger charge is -2.38. The maximum Gasteiger partial charge on any atom is 0.303 e. The number of unbranched alkanes of at least 4 members (excludes halogenated alkanes) is 20. The van der Waals surface area contributed by atoms with Gasteiger partial charge in [0.2, 0.25) is 0 Å². The molecule has 1 saturated carbocycles. The Morgan fingerprint density at radius 3 is 0.947 bits per heavy atom. The molecule has 1 rings (SSSR count). The highest BCUT2D eigenvalue weighted by Gasteiger charge is 2.30. The minimum absolute atomic E-state index is 0.336. The summed E-state index contributed by atoms with van der Waals surface area (Å²) in [5, 5.41) is 17.3. The van der Waals surface area contributed by atoms with Crippen LogP contribution in [0.25, 0.3) is 0 Å². The first-order chi connectivity index (χ1) is 18.5. The van der Waals surface area contributed by atoms with Crippen molar-refractivity contribution in [2.45, 2.75) is 199 Å². The van der Waals surface area contributed by atoms with Crippen molar-refractivity contribution in [1.82, 2.24) is 0 Å². The third-order valence-corrected chi connectivity index (χ3v) is 9.11. The molecule has 2 N–H and O–H groups in total. The van der Waals surface area contributed by atoms with Gasteiger partial charge >= 0.3 is 11.9 Å². The zero-order valence-corrected chi connectivity index (χ0v) is 25.1. The Labute approximate surface area is 236 Å². The average molecular weight is 537 g/mol. The van der Waals surface area contributed by atoms with Gasteiger partial charge in [0.15, 0.2) is 0 Å². The molecular formula is C34H64O4. The molecule has 224 valence electrons. The molecule has 1 fully saturated rings. The molecule has 0 aromatic rings. The normalized spacial score (nSPS) is 15.1. The summed E-state index contributed by atoms with van der Waals surface area (Å²) in [5.41, 5.74) is 0.680. The van der Waals surface area contributed by atoms with Crippen LogP contribution in [0.4, 0.5) is 0 Å². The summed E-state index contributed by atoms with van der Waals surface area (Å²) >= 11 is 0. The molecule has 1 aliphatic rings. The van der Waals surface area contributed by atoms with Crippen LogP contribution in [0.3, 0.4) is 0 Å². The number of carboxylic acids is 2. The zero-order valence-electron chi connectivity index (χ0n) is 25.1. The van der Waals surface area contributed by atoms with Gasteiger partial charge in [-0.2, -0.15) is 0 Å². The molecular weight excluding hydrogens is 472 g/mol. The van der Waals surface area contributed by atoms with Crippen molar-refractivity contribution in [3.63, 3.8) is 0 Å². The van der Waals surface area contributed by atoms with Crippen LogP contribution in [0.15, 0.2) is 0 Å². The second-order valence-corrected chi connectivity index (χ2v) is 12.6. The van der Waals surface area contributed by atoms with Gasteiger partial charge in [0.1, 0.15) is 0 Å². The summed E-state index contributed by atoms with van der Waals surface area (Å²) in [6, 6.07) is 0. The fraction of sp³-hybridized carbons (Fsp3) is 0.941. The lowest BCUT2D eigenvalue weighted by molar-refractivity contribution is -0.138. The van der Waals surface area contributed by atoms with E-state index in [1.165, 1.54) is 161 Å². The molecule has 0 aromatic heterocycles. The molecule has 1 aliphatic carbocycles. The minimum atomic E-state index is -0.655. The molecule has 0 saturated heterocycles. The third kappa shape index (κ3) is 21.8.